The summed E-state index contributed by atoms with van der Waals surface area (Å²) in [4.78, 5) is 0. The van der Waals surface area contributed by atoms with Gasteiger partial charge in [-0.2, -0.15) is 10.2 Å². The highest BCUT2D eigenvalue weighted by molar-refractivity contribution is 5.45. The number of anilines is 1. The maximum atomic E-state index is 4.53. The number of aromatic nitrogens is 4. The Morgan fingerprint density at radius 1 is 1.38 bits per heavy atom. The fourth-order valence-corrected chi connectivity index (χ4v) is 3.10. The van der Waals surface area contributed by atoms with E-state index < -0.39 is 0 Å². The maximum Gasteiger partial charge on any atom is 0.152 e. The number of benzene rings is 1. The van der Waals surface area contributed by atoms with Crippen LogP contribution in [0.4, 0.5) is 5.82 Å². The topological polar surface area (TPSA) is 58.5 Å². The Balaban J connectivity index is 1.46. The number of hydrogen-bond acceptors (Lipinski definition) is 3. The van der Waals surface area contributed by atoms with Gasteiger partial charge in [-0.15, -0.1) is 0 Å². The molecule has 5 heteroatoms. The smallest absolute Gasteiger partial charge is 0.152 e. The number of allylic oxidation sites excluding steroid dienone is 1. The normalized spacial score (nSPS) is 15.0. The number of H-pyrrole nitrogens is 1. The minimum atomic E-state index is 0.138. The van der Waals surface area contributed by atoms with E-state index in [1.54, 1.807) is 0 Å². The molecule has 1 aliphatic rings. The minimum absolute atomic E-state index is 0.138. The number of aromatic amines is 1. The number of nitrogens with zero attached hydrogens (tertiary/aromatic N) is 3. The van der Waals surface area contributed by atoms with Crippen LogP contribution in [0.5, 0.6) is 0 Å². The average Bonchev–Trinajstić information content (AvgIpc) is 3.21. The molecule has 2 N–H and O–H groups in total. The van der Waals surface area contributed by atoms with Gasteiger partial charge in [-0.05, 0) is 42.5 Å². The van der Waals surface area contributed by atoms with Crippen LogP contribution < -0.4 is 5.32 Å². The van der Waals surface area contributed by atoms with Crippen LogP contribution in [0.1, 0.15) is 55.3 Å². The lowest BCUT2D eigenvalue weighted by molar-refractivity contribution is 0.870. The molecule has 0 spiro atoms. The lowest BCUT2D eigenvalue weighted by Crippen LogP contribution is -2.06. The summed E-state index contributed by atoms with van der Waals surface area (Å²) in [5.41, 5.74) is 5.66. The van der Waals surface area contributed by atoms with E-state index in [1.807, 2.05) is 10.9 Å². The van der Waals surface area contributed by atoms with Crippen molar-refractivity contribution >= 4 is 5.82 Å². The van der Waals surface area contributed by atoms with Gasteiger partial charge >= 0.3 is 0 Å². The van der Waals surface area contributed by atoms with Crippen LogP contribution in [-0.2, 0) is 6.42 Å². The molecule has 0 radical (unpaired) electrons. The van der Waals surface area contributed by atoms with E-state index in [0.29, 0.717) is 5.92 Å². The van der Waals surface area contributed by atoms with Crippen molar-refractivity contribution in [3.8, 4) is 5.69 Å². The third-order valence-electron chi connectivity index (χ3n) is 5.11. The molecule has 0 amide bonds. The second-order valence-corrected chi connectivity index (χ2v) is 7.10. The van der Waals surface area contributed by atoms with E-state index in [4.69, 9.17) is 0 Å². The van der Waals surface area contributed by atoms with Crippen LogP contribution >= 0.6 is 0 Å². The van der Waals surface area contributed by atoms with Crippen molar-refractivity contribution < 1.29 is 0 Å². The van der Waals surface area contributed by atoms with Crippen molar-refractivity contribution in [2.75, 3.05) is 5.32 Å². The molecule has 1 atom stereocenters. The van der Waals surface area contributed by atoms with E-state index in [2.05, 4.69) is 77.6 Å². The summed E-state index contributed by atoms with van der Waals surface area (Å²) in [6.45, 7) is 8.50. The molecule has 0 aliphatic heterocycles. The van der Waals surface area contributed by atoms with Gasteiger partial charge in [0.05, 0.1) is 11.9 Å². The number of hydrogen-bond donors (Lipinski definition) is 2. The monoisotopic (exact) mass is 347 g/mol. The molecule has 1 fully saturated rings. The van der Waals surface area contributed by atoms with Crippen molar-refractivity contribution in [3.63, 3.8) is 0 Å². The first kappa shape index (κ1) is 16.6. The van der Waals surface area contributed by atoms with E-state index in [-0.39, 0.29) is 5.92 Å². The quantitative estimate of drug-likeness (QED) is 0.647. The summed E-state index contributed by atoms with van der Waals surface area (Å²) < 4.78 is 1.93. The summed E-state index contributed by atoms with van der Waals surface area (Å²) in [6, 6.07) is 10.6. The molecule has 5 nitrogen and oxygen atoms in total. The highest BCUT2D eigenvalue weighted by Gasteiger charge is 2.25. The molecule has 0 bridgehead atoms. The van der Waals surface area contributed by atoms with Crippen molar-refractivity contribution in [1.82, 2.24) is 20.0 Å². The zero-order chi connectivity index (χ0) is 18.1. The fourth-order valence-electron chi connectivity index (χ4n) is 3.10. The van der Waals surface area contributed by atoms with Gasteiger partial charge < -0.3 is 5.32 Å². The van der Waals surface area contributed by atoms with Crippen molar-refractivity contribution in [2.24, 2.45) is 0 Å². The Labute approximate surface area is 154 Å². The molecule has 0 saturated heterocycles. The molecular weight excluding hydrogens is 322 g/mol. The van der Waals surface area contributed by atoms with Gasteiger partial charge in [-0.3, -0.25) is 5.10 Å². The van der Waals surface area contributed by atoms with Crippen molar-refractivity contribution in [1.29, 1.82) is 0 Å². The van der Waals surface area contributed by atoms with Gasteiger partial charge in [0.1, 0.15) is 0 Å². The van der Waals surface area contributed by atoms with Crippen LogP contribution in [0, 0.1) is 0 Å². The van der Waals surface area contributed by atoms with Gasteiger partial charge in [-0.25, -0.2) is 4.68 Å². The van der Waals surface area contributed by atoms with Crippen LogP contribution in [0.3, 0.4) is 0 Å². The van der Waals surface area contributed by atoms with Gasteiger partial charge in [0.15, 0.2) is 5.82 Å². The number of nitrogens with one attached hydrogen (secondary N) is 2. The van der Waals surface area contributed by atoms with Crippen LogP contribution in [-0.4, -0.2) is 20.0 Å². The third-order valence-corrected chi connectivity index (χ3v) is 5.11. The molecule has 1 aliphatic carbocycles. The Kier molecular flexibility index (Phi) is 4.37. The summed E-state index contributed by atoms with van der Waals surface area (Å²) in [5.74, 6) is 1.65. The van der Waals surface area contributed by atoms with E-state index in [9.17, 15) is 0 Å². The lowest BCUT2D eigenvalue weighted by atomic mass is 10.0. The standard InChI is InChI=1S/C21H25N5/c1-4-16-6-5-7-19(10-16)26-13-18(12-22-26)14(2)15(3)23-21-11-20(24-25-21)17-8-9-17/h5-7,10-14,17H,3-4,8-9H2,1-2H3,(H2,23,24,25). The molecule has 2 heterocycles. The van der Waals surface area contributed by atoms with Crippen LogP contribution in [0.25, 0.3) is 5.69 Å². The molecule has 1 saturated carbocycles. The predicted molar refractivity (Wildman–Crippen MR) is 105 cm³/mol. The fraction of sp³-hybridized carbons (Fsp3) is 0.333. The molecule has 1 unspecified atom stereocenters. The summed E-state index contributed by atoms with van der Waals surface area (Å²) in [7, 11) is 0. The number of aryl methyl sites for hydroxylation is 1. The Bertz CT molecular complexity index is 916. The number of rotatable bonds is 7. The predicted octanol–water partition coefficient (Wildman–Crippen LogP) is 4.76. The molecule has 4 rings (SSSR count). The second kappa shape index (κ2) is 6.83. The summed E-state index contributed by atoms with van der Waals surface area (Å²) in [5, 5.41) is 15.3. The first-order valence-corrected chi connectivity index (χ1v) is 9.29. The molecule has 1 aromatic carbocycles. The van der Waals surface area contributed by atoms with Crippen LogP contribution in [0.2, 0.25) is 0 Å². The Morgan fingerprint density at radius 3 is 3.00 bits per heavy atom. The maximum absolute atomic E-state index is 4.53. The Hall–Kier alpha value is -2.82. The minimum Gasteiger partial charge on any atom is -0.342 e. The second-order valence-electron chi connectivity index (χ2n) is 7.10. The zero-order valence-electron chi connectivity index (χ0n) is 15.4. The molecule has 134 valence electrons. The van der Waals surface area contributed by atoms with E-state index in [1.165, 1.54) is 24.1 Å². The Morgan fingerprint density at radius 2 is 2.23 bits per heavy atom. The van der Waals surface area contributed by atoms with Crippen molar-refractivity contribution in [3.05, 3.63) is 71.8 Å². The van der Waals surface area contributed by atoms with Gasteiger partial charge in [0.25, 0.3) is 0 Å². The van der Waals surface area contributed by atoms with Crippen LogP contribution in [0.15, 0.2) is 55.0 Å². The molecular formula is C21H25N5. The van der Waals surface area contributed by atoms with Crippen molar-refractivity contribution in [2.45, 2.75) is 44.9 Å². The lowest BCUT2D eigenvalue weighted by Gasteiger charge is -2.13. The summed E-state index contributed by atoms with van der Waals surface area (Å²) in [6.07, 6.45) is 7.53. The average molecular weight is 347 g/mol. The van der Waals surface area contributed by atoms with Gasteiger partial charge in [-0.1, -0.05) is 32.6 Å². The zero-order valence-corrected chi connectivity index (χ0v) is 15.4. The highest BCUT2D eigenvalue weighted by atomic mass is 15.3. The SMILES string of the molecule is C=C(Nc1cc(C2CC2)[nH]n1)C(C)c1cnn(-c2cccc(CC)c2)c1. The first-order chi connectivity index (χ1) is 12.6. The highest BCUT2D eigenvalue weighted by Crippen LogP contribution is 2.39. The van der Waals surface area contributed by atoms with E-state index in [0.717, 1.165) is 29.2 Å². The van der Waals surface area contributed by atoms with E-state index >= 15 is 0 Å². The third kappa shape index (κ3) is 3.43. The molecule has 3 aromatic rings. The molecule has 2 aromatic heterocycles. The largest absolute Gasteiger partial charge is 0.342 e. The van der Waals surface area contributed by atoms with Gasteiger partial charge in [0, 0.05) is 35.5 Å². The van der Waals surface area contributed by atoms with Gasteiger partial charge in [0.2, 0.25) is 0 Å². The molecule has 26 heavy (non-hydrogen) atoms. The first-order valence-electron chi connectivity index (χ1n) is 9.29. The summed E-state index contributed by atoms with van der Waals surface area (Å²) >= 11 is 0.